The van der Waals surface area contributed by atoms with Gasteiger partial charge in [-0.2, -0.15) is 4.39 Å². The van der Waals surface area contributed by atoms with E-state index in [9.17, 15) is 18.0 Å². The molecule has 0 aromatic carbocycles. The van der Waals surface area contributed by atoms with Gasteiger partial charge in [0.05, 0.1) is 18.1 Å². The molecule has 4 rings (SSSR count). The number of aromatic nitrogens is 3. The fourth-order valence-corrected chi connectivity index (χ4v) is 4.13. The Kier molecular flexibility index (Phi) is 5.76. The minimum absolute atomic E-state index is 0.00238. The van der Waals surface area contributed by atoms with Gasteiger partial charge in [0, 0.05) is 31.3 Å². The molecule has 1 aliphatic rings. The van der Waals surface area contributed by atoms with Crippen LogP contribution in [0.4, 0.5) is 10.1 Å². The van der Waals surface area contributed by atoms with Crippen LogP contribution in [0.5, 0.6) is 5.75 Å². The molecule has 2 N–H and O–H groups in total. The number of nitrogens with one attached hydrogen (secondary N) is 2. The average molecular weight is 463 g/mol. The van der Waals surface area contributed by atoms with Gasteiger partial charge in [-0.05, 0) is 37.3 Å². The van der Waals surface area contributed by atoms with Crippen LogP contribution in [0.15, 0.2) is 29.5 Å². The number of imidazole rings is 1. The van der Waals surface area contributed by atoms with Crippen molar-refractivity contribution < 1.29 is 22.3 Å². The summed E-state index contributed by atoms with van der Waals surface area (Å²) in [5, 5.41) is 2.61. The summed E-state index contributed by atoms with van der Waals surface area (Å²) in [5.74, 6) is -1.62. The highest BCUT2D eigenvalue weighted by Gasteiger charge is 2.30. The molecule has 0 unspecified atom stereocenters. The highest BCUT2D eigenvalue weighted by atomic mass is 32.2. The zero-order chi connectivity index (χ0) is 23.0. The van der Waals surface area contributed by atoms with Crippen LogP contribution in [-0.2, 0) is 16.3 Å². The van der Waals surface area contributed by atoms with Crippen LogP contribution in [0.25, 0.3) is 5.65 Å². The number of nitrogens with zero attached hydrogens (tertiary/aromatic N) is 2. The first-order valence-corrected chi connectivity index (χ1v) is 12.3. The maximum atomic E-state index is 15.2. The number of hydrogen-bond acceptors (Lipinski definition) is 6. The molecule has 3 heterocycles. The number of H-pyrrole nitrogens is 1. The Morgan fingerprint density at radius 1 is 1.38 bits per heavy atom. The maximum Gasteiger partial charge on any atom is 0.261 e. The van der Waals surface area contributed by atoms with E-state index in [0.717, 1.165) is 19.1 Å². The topological polar surface area (TPSA) is 123 Å². The summed E-state index contributed by atoms with van der Waals surface area (Å²) in [6.45, 7) is 1.81. The molecule has 9 nitrogen and oxygen atoms in total. The number of amides is 1. The van der Waals surface area contributed by atoms with Crippen LogP contribution in [0.3, 0.4) is 0 Å². The van der Waals surface area contributed by atoms with E-state index in [1.165, 1.54) is 23.0 Å². The Balaban J connectivity index is 1.72. The molecule has 170 valence electrons. The first-order valence-electron chi connectivity index (χ1n) is 10.2. The predicted octanol–water partition coefficient (Wildman–Crippen LogP) is 2.28. The zero-order valence-electron chi connectivity index (χ0n) is 17.6. The molecule has 1 saturated carbocycles. The number of carbonyl (C=O) groups is 1. The summed E-state index contributed by atoms with van der Waals surface area (Å²) in [6, 6.07) is 1.71. The van der Waals surface area contributed by atoms with Crippen molar-refractivity contribution in [1.29, 1.82) is 0 Å². The van der Waals surface area contributed by atoms with E-state index >= 15 is 4.39 Å². The van der Waals surface area contributed by atoms with Gasteiger partial charge in [0.1, 0.15) is 21.1 Å². The van der Waals surface area contributed by atoms with Gasteiger partial charge < -0.3 is 19.4 Å². The molecule has 1 fully saturated rings. The van der Waals surface area contributed by atoms with E-state index in [4.69, 9.17) is 4.74 Å². The van der Waals surface area contributed by atoms with Crippen molar-refractivity contribution in [2.24, 2.45) is 0 Å². The van der Waals surface area contributed by atoms with Crippen LogP contribution >= 0.6 is 0 Å². The van der Waals surface area contributed by atoms with E-state index in [-0.39, 0.29) is 47.3 Å². The number of anilines is 1. The minimum atomic E-state index is -3.21. The van der Waals surface area contributed by atoms with Gasteiger partial charge in [-0.3, -0.25) is 9.59 Å². The number of ether oxygens (including phenoxy) is 1. The van der Waals surface area contributed by atoms with Gasteiger partial charge in [0.2, 0.25) is 5.82 Å². The number of aromatic amines is 1. The van der Waals surface area contributed by atoms with Crippen LogP contribution < -0.4 is 15.6 Å². The normalized spacial score (nSPS) is 14.0. The van der Waals surface area contributed by atoms with Crippen molar-refractivity contribution in [3.05, 3.63) is 57.6 Å². The molecule has 1 amide bonds. The first-order chi connectivity index (χ1) is 15.2. The number of hydrogen-bond donors (Lipinski definition) is 2. The molecule has 11 heteroatoms. The number of aryl methyl sites for hydroxylation is 1. The van der Waals surface area contributed by atoms with Crippen molar-refractivity contribution in [3.8, 4) is 5.75 Å². The lowest BCUT2D eigenvalue weighted by Gasteiger charge is -2.14. The summed E-state index contributed by atoms with van der Waals surface area (Å²) in [5.41, 5.74) is 0.520. The van der Waals surface area contributed by atoms with Gasteiger partial charge >= 0.3 is 0 Å². The molecule has 0 saturated heterocycles. The number of halogens is 1. The van der Waals surface area contributed by atoms with Crippen molar-refractivity contribution >= 4 is 27.1 Å². The molecule has 32 heavy (non-hydrogen) atoms. The summed E-state index contributed by atoms with van der Waals surface area (Å²) in [4.78, 5) is 32.1. The number of rotatable bonds is 8. The van der Waals surface area contributed by atoms with E-state index in [1.54, 1.807) is 13.0 Å². The number of fused-ring (bicyclic) bond motifs is 1. The third kappa shape index (κ3) is 4.52. The van der Waals surface area contributed by atoms with E-state index < -0.39 is 27.1 Å². The predicted molar refractivity (Wildman–Crippen MR) is 117 cm³/mol. The molecule has 0 spiro atoms. The lowest BCUT2D eigenvalue weighted by atomic mass is 10.1. The first kappa shape index (κ1) is 22.0. The smallest absolute Gasteiger partial charge is 0.261 e. The van der Waals surface area contributed by atoms with Crippen LogP contribution in [-0.4, -0.2) is 47.3 Å². The molecule has 0 bridgehead atoms. The van der Waals surface area contributed by atoms with E-state index in [0.29, 0.717) is 11.3 Å². The van der Waals surface area contributed by atoms with E-state index in [1.807, 2.05) is 0 Å². The molecule has 0 aliphatic heterocycles. The largest absolute Gasteiger partial charge is 0.488 e. The summed E-state index contributed by atoms with van der Waals surface area (Å²) >= 11 is 0. The third-order valence-corrected chi connectivity index (χ3v) is 6.14. The zero-order valence-corrected chi connectivity index (χ0v) is 18.5. The van der Waals surface area contributed by atoms with Crippen molar-refractivity contribution in [2.45, 2.75) is 32.1 Å². The molecular weight excluding hydrogens is 439 g/mol. The van der Waals surface area contributed by atoms with Crippen molar-refractivity contribution in [2.75, 3.05) is 23.9 Å². The third-order valence-electron chi connectivity index (χ3n) is 5.19. The van der Waals surface area contributed by atoms with Gasteiger partial charge in [-0.25, -0.2) is 13.4 Å². The highest BCUT2D eigenvalue weighted by molar-refractivity contribution is 7.90. The molecule has 3 aromatic heterocycles. The van der Waals surface area contributed by atoms with Crippen LogP contribution in [0.1, 0.15) is 47.3 Å². The Morgan fingerprint density at radius 2 is 2.12 bits per heavy atom. The fourth-order valence-electron chi connectivity index (χ4n) is 3.55. The molecule has 1 aliphatic carbocycles. The summed E-state index contributed by atoms with van der Waals surface area (Å²) in [6.07, 6.45) is 7.49. The van der Waals surface area contributed by atoms with Gasteiger partial charge in [0.15, 0.2) is 11.4 Å². The summed E-state index contributed by atoms with van der Waals surface area (Å²) in [7, 11) is -3.21. The van der Waals surface area contributed by atoms with Crippen LogP contribution in [0.2, 0.25) is 0 Å². The second kappa shape index (κ2) is 8.38. The Labute approximate surface area is 183 Å². The maximum absolute atomic E-state index is 15.2. The molecule has 3 aromatic rings. The Bertz CT molecular complexity index is 1360. The second-order valence-electron chi connectivity index (χ2n) is 7.83. The number of pyridine rings is 2. The summed E-state index contributed by atoms with van der Waals surface area (Å²) < 4.78 is 44.9. The monoisotopic (exact) mass is 462 g/mol. The molecule has 0 atom stereocenters. The molecular formula is C21H23FN4O5S. The Hall–Kier alpha value is -3.21. The quantitative estimate of drug-likeness (QED) is 0.530. The Morgan fingerprint density at radius 3 is 2.78 bits per heavy atom. The lowest BCUT2D eigenvalue weighted by Crippen LogP contribution is -2.25. The SMILES string of the molecule is CCOc1c(NC(=O)c2c(C3CC3)cc[nH]c2=O)cn2cc(CCS(C)(=O)=O)nc2c1F. The average Bonchev–Trinajstić information content (AvgIpc) is 3.48. The standard InChI is InChI=1S/C21H23FN4O5S/c1-3-31-18-15(25-21(28)16-14(12-4-5-12)6-8-23-20(16)27)11-26-10-13(7-9-32(2,29)30)24-19(26)17(18)22/h6,8,10-12H,3-5,7,9H2,1-2H3,(H,23,27)(H,25,28). The molecule has 0 radical (unpaired) electrons. The van der Waals surface area contributed by atoms with Gasteiger partial charge in [-0.1, -0.05) is 0 Å². The number of carbonyl (C=O) groups excluding carboxylic acids is 1. The van der Waals surface area contributed by atoms with Crippen LogP contribution in [0, 0.1) is 5.82 Å². The van der Waals surface area contributed by atoms with E-state index in [2.05, 4.69) is 15.3 Å². The van der Waals surface area contributed by atoms with Crippen molar-refractivity contribution in [3.63, 3.8) is 0 Å². The lowest BCUT2D eigenvalue weighted by molar-refractivity contribution is 0.102. The highest BCUT2D eigenvalue weighted by Crippen LogP contribution is 2.41. The van der Waals surface area contributed by atoms with Crippen molar-refractivity contribution in [1.82, 2.24) is 14.4 Å². The number of sulfone groups is 1. The van der Waals surface area contributed by atoms with Gasteiger partial charge in [-0.15, -0.1) is 0 Å². The minimum Gasteiger partial charge on any atom is -0.488 e. The second-order valence-corrected chi connectivity index (χ2v) is 10.1. The fraction of sp³-hybridized carbons (Fsp3) is 0.381. The van der Waals surface area contributed by atoms with Gasteiger partial charge in [0.25, 0.3) is 11.5 Å².